The Morgan fingerprint density at radius 2 is 1.83 bits per heavy atom. The Hall–Kier alpha value is -1.12. The summed E-state index contributed by atoms with van der Waals surface area (Å²) in [5.41, 5.74) is 5.56. The second-order valence-electron chi connectivity index (χ2n) is 4.92. The highest BCUT2D eigenvalue weighted by atomic mass is 32.1. The smallest absolute Gasteiger partial charge is 0.0369 e. The quantitative estimate of drug-likeness (QED) is 0.868. The molecule has 0 aliphatic heterocycles. The standard InChI is InChI=1S/C16H21NS/c1-11-8-13(3)15(9-12(11)2)16(17-4)10-14-6-5-7-18-14/h5-9,16-17H,10H2,1-4H3. The maximum atomic E-state index is 3.45. The number of thiophene rings is 1. The summed E-state index contributed by atoms with van der Waals surface area (Å²) >= 11 is 1.83. The zero-order valence-electron chi connectivity index (χ0n) is 11.6. The lowest BCUT2D eigenvalue weighted by Gasteiger charge is -2.20. The zero-order valence-corrected chi connectivity index (χ0v) is 12.4. The van der Waals surface area contributed by atoms with Crippen molar-refractivity contribution < 1.29 is 0 Å². The predicted octanol–water partition coefficient (Wildman–Crippen LogP) is 4.18. The number of hydrogen-bond acceptors (Lipinski definition) is 2. The maximum Gasteiger partial charge on any atom is 0.0369 e. The molecule has 0 fully saturated rings. The van der Waals surface area contributed by atoms with Gasteiger partial charge in [0.25, 0.3) is 0 Å². The minimum Gasteiger partial charge on any atom is -0.313 e. The summed E-state index contributed by atoms with van der Waals surface area (Å²) in [6.07, 6.45) is 1.07. The molecule has 1 nitrogen and oxygen atoms in total. The molecule has 1 unspecified atom stereocenters. The molecule has 0 spiro atoms. The third-order valence-electron chi connectivity index (χ3n) is 3.59. The molecule has 2 rings (SSSR count). The first-order valence-corrected chi connectivity index (χ1v) is 7.27. The van der Waals surface area contributed by atoms with Gasteiger partial charge in [-0.25, -0.2) is 0 Å². The van der Waals surface area contributed by atoms with Gasteiger partial charge in [-0.05, 0) is 61.5 Å². The fourth-order valence-corrected chi connectivity index (χ4v) is 3.11. The Bertz CT molecular complexity index is 514. The van der Waals surface area contributed by atoms with Crippen LogP contribution in [0.2, 0.25) is 0 Å². The normalized spacial score (nSPS) is 12.7. The molecule has 0 aliphatic rings. The first-order valence-electron chi connectivity index (χ1n) is 6.39. The van der Waals surface area contributed by atoms with Crippen LogP contribution in [0.15, 0.2) is 29.6 Å². The molecule has 0 radical (unpaired) electrons. The molecular formula is C16H21NS. The van der Waals surface area contributed by atoms with Gasteiger partial charge >= 0.3 is 0 Å². The fraction of sp³-hybridized carbons (Fsp3) is 0.375. The van der Waals surface area contributed by atoms with E-state index < -0.39 is 0 Å². The van der Waals surface area contributed by atoms with Crippen molar-refractivity contribution in [3.8, 4) is 0 Å². The molecule has 18 heavy (non-hydrogen) atoms. The summed E-state index contributed by atoms with van der Waals surface area (Å²) in [6.45, 7) is 6.58. The van der Waals surface area contributed by atoms with Crippen molar-refractivity contribution in [3.05, 3.63) is 56.8 Å². The van der Waals surface area contributed by atoms with Gasteiger partial charge in [-0.1, -0.05) is 18.2 Å². The zero-order chi connectivity index (χ0) is 13.1. The molecule has 2 aromatic rings. The van der Waals surface area contributed by atoms with Crippen LogP contribution in [-0.2, 0) is 6.42 Å². The van der Waals surface area contributed by atoms with Crippen LogP contribution in [0, 0.1) is 20.8 Å². The second kappa shape index (κ2) is 5.68. The van der Waals surface area contributed by atoms with Crippen LogP contribution in [-0.4, -0.2) is 7.05 Å². The number of rotatable bonds is 4. The van der Waals surface area contributed by atoms with Crippen LogP contribution in [0.3, 0.4) is 0 Å². The Labute approximate surface area is 114 Å². The topological polar surface area (TPSA) is 12.0 Å². The third-order valence-corrected chi connectivity index (χ3v) is 4.49. The van der Waals surface area contributed by atoms with Crippen LogP contribution in [0.1, 0.15) is 33.2 Å². The monoisotopic (exact) mass is 259 g/mol. The summed E-state index contributed by atoms with van der Waals surface area (Å²) in [5, 5.41) is 5.60. The molecule has 0 amide bonds. The van der Waals surface area contributed by atoms with Gasteiger partial charge in [0.15, 0.2) is 0 Å². The molecular weight excluding hydrogens is 238 g/mol. The van der Waals surface area contributed by atoms with E-state index in [0.29, 0.717) is 6.04 Å². The van der Waals surface area contributed by atoms with E-state index in [-0.39, 0.29) is 0 Å². The molecule has 1 aromatic carbocycles. The second-order valence-corrected chi connectivity index (χ2v) is 5.95. The summed E-state index contributed by atoms with van der Waals surface area (Å²) in [6, 6.07) is 9.37. The van der Waals surface area contributed by atoms with E-state index in [1.165, 1.54) is 27.1 Å². The van der Waals surface area contributed by atoms with E-state index in [2.05, 4.69) is 55.7 Å². The number of nitrogens with one attached hydrogen (secondary N) is 1. The Balaban J connectivity index is 2.30. The molecule has 0 aliphatic carbocycles. The van der Waals surface area contributed by atoms with Crippen molar-refractivity contribution >= 4 is 11.3 Å². The Kier molecular flexibility index (Phi) is 4.20. The Morgan fingerprint density at radius 3 is 2.44 bits per heavy atom. The van der Waals surface area contributed by atoms with Crippen molar-refractivity contribution in [1.82, 2.24) is 5.32 Å². The number of hydrogen-bond donors (Lipinski definition) is 1. The van der Waals surface area contributed by atoms with Crippen molar-refractivity contribution in [2.24, 2.45) is 0 Å². The third kappa shape index (κ3) is 2.82. The highest BCUT2D eigenvalue weighted by molar-refractivity contribution is 7.09. The maximum absolute atomic E-state index is 3.45. The lowest BCUT2D eigenvalue weighted by atomic mass is 9.94. The summed E-state index contributed by atoms with van der Waals surface area (Å²) in [7, 11) is 2.05. The van der Waals surface area contributed by atoms with Crippen LogP contribution in [0.25, 0.3) is 0 Å². The minimum absolute atomic E-state index is 0.406. The first-order chi connectivity index (χ1) is 8.61. The molecule has 0 saturated carbocycles. The summed E-state index contributed by atoms with van der Waals surface area (Å²) in [4.78, 5) is 1.44. The molecule has 1 heterocycles. The van der Waals surface area contributed by atoms with Crippen molar-refractivity contribution in [2.75, 3.05) is 7.05 Å². The molecule has 96 valence electrons. The highest BCUT2D eigenvalue weighted by Crippen LogP contribution is 2.26. The fourth-order valence-electron chi connectivity index (χ4n) is 2.36. The lowest BCUT2D eigenvalue weighted by molar-refractivity contribution is 0.593. The van der Waals surface area contributed by atoms with E-state index in [1.807, 2.05) is 18.4 Å². The first kappa shape index (κ1) is 13.3. The molecule has 1 atom stereocenters. The largest absolute Gasteiger partial charge is 0.313 e. The van der Waals surface area contributed by atoms with Gasteiger partial charge in [-0.3, -0.25) is 0 Å². The van der Waals surface area contributed by atoms with Crippen LogP contribution in [0.5, 0.6) is 0 Å². The summed E-state index contributed by atoms with van der Waals surface area (Å²) in [5.74, 6) is 0. The van der Waals surface area contributed by atoms with E-state index >= 15 is 0 Å². The van der Waals surface area contributed by atoms with Gasteiger partial charge in [-0.2, -0.15) is 0 Å². The van der Waals surface area contributed by atoms with E-state index in [4.69, 9.17) is 0 Å². The molecule has 1 aromatic heterocycles. The molecule has 2 heteroatoms. The van der Waals surface area contributed by atoms with Gasteiger partial charge in [0, 0.05) is 17.3 Å². The minimum atomic E-state index is 0.406. The number of likely N-dealkylation sites (N-methyl/N-ethyl adjacent to an activating group) is 1. The lowest BCUT2D eigenvalue weighted by Crippen LogP contribution is -2.19. The van der Waals surface area contributed by atoms with Gasteiger partial charge in [0.2, 0.25) is 0 Å². The molecule has 0 saturated heterocycles. The summed E-state index contributed by atoms with van der Waals surface area (Å²) < 4.78 is 0. The number of aryl methyl sites for hydroxylation is 3. The number of benzene rings is 1. The Morgan fingerprint density at radius 1 is 1.11 bits per heavy atom. The molecule has 0 bridgehead atoms. The van der Waals surface area contributed by atoms with Gasteiger partial charge < -0.3 is 5.32 Å². The van der Waals surface area contributed by atoms with Crippen molar-refractivity contribution in [3.63, 3.8) is 0 Å². The molecule has 1 N–H and O–H groups in total. The van der Waals surface area contributed by atoms with Gasteiger partial charge in [0.05, 0.1) is 0 Å². The average molecular weight is 259 g/mol. The van der Waals surface area contributed by atoms with Crippen LogP contribution in [0.4, 0.5) is 0 Å². The van der Waals surface area contributed by atoms with Crippen LogP contribution < -0.4 is 5.32 Å². The van der Waals surface area contributed by atoms with E-state index in [0.717, 1.165) is 6.42 Å². The van der Waals surface area contributed by atoms with Crippen LogP contribution >= 0.6 is 11.3 Å². The van der Waals surface area contributed by atoms with Gasteiger partial charge in [-0.15, -0.1) is 11.3 Å². The van der Waals surface area contributed by atoms with Gasteiger partial charge in [0.1, 0.15) is 0 Å². The van der Waals surface area contributed by atoms with Crippen molar-refractivity contribution in [1.29, 1.82) is 0 Å². The highest BCUT2D eigenvalue weighted by Gasteiger charge is 2.14. The van der Waals surface area contributed by atoms with E-state index in [1.54, 1.807) is 0 Å². The predicted molar refractivity (Wildman–Crippen MR) is 80.5 cm³/mol. The van der Waals surface area contributed by atoms with Crippen molar-refractivity contribution in [2.45, 2.75) is 33.2 Å². The van der Waals surface area contributed by atoms with E-state index in [9.17, 15) is 0 Å². The SMILES string of the molecule is CNC(Cc1cccs1)c1cc(C)c(C)cc1C. The average Bonchev–Trinajstić information content (AvgIpc) is 2.84.